The summed E-state index contributed by atoms with van der Waals surface area (Å²) < 4.78 is 46.9. The minimum Gasteiger partial charge on any atom is -0.464 e. The Morgan fingerprint density at radius 2 is 1.83 bits per heavy atom. The number of hydrazine groups is 1. The van der Waals surface area contributed by atoms with Crippen molar-refractivity contribution in [2.24, 2.45) is 0 Å². The number of hydrogen-bond donors (Lipinski definition) is 3. The van der Waals surface area contributed by atoms with Gasteiger partial charge in [0.25, 0.3) is 11.8 Å². The van der Waals surface area contributed by atoms with Gasteiger partial charge in [-0.25, -0.2) is 19.8 Å². The highest BCUT2D eigenvalue weighted by molar-refractivity contribution is 6.05. The average Bonchev–Trinajstić information content (AvgIpc) is 3.67. The molecule has 0 bridgehead atoms. The maximum atomic E-state index is 14.1. The lowest BCUT2D eigenvalue weighted by atomic mass is 10.0. The monoisotopic (exact) mass is 637 g/mol. The molecule has 46 heavy (non-hydrogen) atoms. The van der Waals surface area contributed by atoms with Gasteiger partial charge in [-0.2, -0.15) is 13.2 Å². The molecule has 3 N–H and O–H groups in total. The second kappa shape index (κ2) is 13.3. The molecule has 0 aliphatic carbocycles. The lowest BCUT2D eigenvalue weighted by Crippen LogP contribution is -2.36. The van der Waals surface area contributed by atoms with Crippen molar-refractivity contribution in [3.63, 3.8) is 0 Å². The molecule has 3 heterocycles. The highest BCUT2D eigenvalue weighted by atomic mass is 19.4. The first-order valence-electron chi connectivity index (χ1n) is 14.4. The number of anilines is 1. The molecule has 2 amide bonds. The van der Waals surface area contributed by atoms with Crippen molar-refractivity contribution in [1.82, 2.24) is 30.2 Å². The predicted molar refractivity (Wildman–Crippen MR) is 165 cm³/mol. The van der Waals surface area contributed by atoms with Gasteiger partial charge in [-0.1, -0.05) is 12.1 Å². The number of rotatable bonds is 9. The van der Waals surface area contributed by atoms with Gasteiger partial charge in [0.1, 0.15) is 11.3 Å². The molecule has 1 fully saturated rings. The van der Waals surface area contributed by atoms with E-state index in [9.17, 15) is 27.6 Å². The van der Waals surface area contributed by atoms with Crippen LogP contribution in [-0.2, 0) is 24.0 Å². The summed E-state index contributed by atoms with van der Waals surface area (Å²) >= 11 is 0. The van der Waals surface area contributed by atoms with Crippen molar-refractivity contribution in [2.75, 3.05) is 46.3 Å². The van der Waals surface area contributed by atoms with Crippen molar-refractivity contribution in [3.8, 4) is 0 Å². The van der Waals surface area contributed by atoms with Crippen molar-refractivity contribution < 1.29 is 32.3 Å². The zero-order valence-corrected chi connectivity index (χ0v) is 25.8. The molecule has 0 atom stereocenters. The number of hydrogen-bond acceptors (Lipinski definition) is 8. The SMILES string of the molecule is COC(=O)c1cc2cc(CNC(=O)c3cc(NC(=O)c4ccc(CN5CCN(N(C)C)C5)c(C(F)(F)F)c4)ccc3C)cnc2[nH]1. The third kappa shape index (κ3) is 7.36. The molecule has 14 heteroatoms. The molecule has 0 saturated carbocycles. The van der Waals surface area contributed by atoms with Crippen LogP contribution in [0.4, 0.5) is 18.9 Å². The third-order valence-electron chi connectivity index (χ3n) is 7.80. The normalized spacial score (nSPS) is 14.2. The molecule has 242 valence electrons. The number of carbonyl (C=O) groups is 3. The van der Waals surface area contributed by atoms with Gasteiger partial charge in [-0.05, 0) is 60.0 Å². The van der Waals surface area contributed by atoms with Gasteiger partial charge in [0, 0.05) is 68.7 Å². The van der Waals surface area contributed by atoms with Crippen molar-refractivity contribution in [3.05, 3.63) is 93.8 Å². The molecular formula is C32H34F3N7O4. The smallest absolute Gasteiger partial charge is 0.416 e. The van der Waals surface area contributed by atoms with Gasteiger partial charge >= 0.3 is 12.1 Å². The van der Waals surface area contributed by atoms with E-state index in [2.05, 4.69) is 20.6 Å². The zero-order valence-electron chi connectivity index (χ0n) is 25.8. The van der Waals surface area contributed by atoms with E-state index in [1.54, 1.807) is 37.4 Å². The van der Waals surface area contributed by atoms with E-state index in [0.717, 1.165) is 6.07 Å². The molecule has 1 aliphatic rings. The molecular weight excluding hydrogens is 603 g/mol. The molecule has 5 rings (SSSR count). The van der Waals surface area contributed by atoms with Crippen LogP contribution in [0, 0.1) is 6.92 Å². The Balaban J connectivity index is 1.26. The van der Waals surface area contributed by atoms with Crippen molar-refractivity contribution >= 4 is 34.5 Å². The number of carbonyl (C=O) groups excluding carboxylic acids is 3. The molecule has 11 nitrogen and oxygen atoms in total. The number of pyridine rings is 1. The summed E-state index contributed by atoms with van der Waals surface area (Å²) in [6, 6.07) is 11.7. The first-order chi connectivity index (χ1) is 21.8. The number of alkyl halides is 3. The fourth-order valence-electron chi connectivity index (χ4n) is 5.25. The quantitative estimate of drug-likeness (QED) is 0.231. The van der Waals surface area contributed by atoms with E-state index in [1.165, 1.54) is 25.3 Å². The minimum atomic E-state index is -4.65. The largest absolute Gasteiger partial charge is 0.464 e. The number of ether oxygens (including phenoxy) is 1. The topological polar surface area (TPSA) is 123 Å². The molecule has 0 unspecified atom stereocenters. The number of amides is 2. The maximum absolute atomic E-state index is 14.1. The maximum Gasteiger partial charge on any atom is 0.416 e. The first kappa shape index (κ1) is 32.6. The van der Waals surface area contributed by atoms with Crippen LogP contribution in [0.1, 0.15) is 53.5 Å². The molecule has 4 aromatic rings. The number of fused-ring (bicyclic) bond motifs is 1. The second-order valence-corrected chi connectivity index (χ2v) is 11.3. The number of aryl methyl sites for hydroxylation is 1. The van der Waals surface area contributed by atoms with Crippen LogP contribution in [0.5, 0.6) is 0 Å². The van der Waals surface area contributed by atoms with Crippen molar-refractivity contribution in [1.29, 1.82) is 0 Å². The zero-order chi connectivity index (χ0) is 33.2. The summed E-state index contributed by atoms with van der Waals surface area (Å²) in [5.41, 5.74) is 1.68. The van der Waals surface area contributed by atoms with Gasteiger partial charge < -0.3 is 20.4 Å². The van der Waals surface area contributed by atoms with E-state index >= 15 is 0 Å². The summed E-state index contributed by atoms with van der Waals surface area (Å²) in [6.45, 7) is 3.81. The summed E-state index contributed by atoms with van der Waals surface area (Å²) in [4.78, 5) is 47.0. The molecule has 1 saturated heterocycles. The fraction of sp³-hybridized carbons (Fsp3) is 0.312. The van der Waals surface area contributed by atoms with Crippen LogP contribution in [0.25, 0.3) is 11.0 Å². The Bertz CT molecular complexity index is 1790. The first-order valence-corrected chi connectivity index (χ1v) is 14.4. The van der Waals surface area contributed by atoms with Crippen LogP contribution in [0.2, 0.25) is 0 Å². The minimum absolute atomic E-state index is 0.0914. The Morgan fingerprint density at radius 3 is 2.52 bits per heavy atom. The van der Waals surface area contributed by atoms with Crippen LogP contribution >= 0.6 is 0 Å². The number of halogens is 3. The van der Waals surface area contributed by atoms with Crippen LogP contribution < -0.4 is 10.6 Å². The number of aromatic amines is 1. The number of nitrogens with zero attached hydrogens (tertiary/aromatic N) is 4. The number of aromatic nitrogens is 2. The van der Waals surface area contributed by atoms with Crippen LogP contribution in [0.3, 0.4) is 0 Å². The molecule has 0 spiro atoms. The van der Waals surface area contributed by atoms with Crippen molar-refractivity contribution in [2.45, 2.75) is 26.2 Å². The van der Waals surface area contributed by atoms with Gasteiger partial charge in [0.05, 0.1) is 19.3 Å². The molecule has 1 aliphatic heterocycles. The number of H-pyrrole nitrogens is 1. The molecule has 2 aromatic heterocycles. The molecule has 0 radical (unpaired) electrons. The van der Waals surface area contributed by atoms with E-state index in [4.69, 9.17) is 4.74 Å². The van der Waals surface area contributed by atoms with Gasteiger partial charge in [-0.3, -0.25) is 14.5 Å². The second-order valence-electron chi connectivity index (χ2n) is 11.3. The van der Waals surface area contributed by atoms with Gasteiger partial charge in [0.2, 0.25) is 0 Å². The highest BCUT2D eigenvalue weighted by Gasteiger charge is 2.35. The number of methoxy groups -OCH3 is 1. The summed E-state index contributed by atoms with van der Waals surface area (Å²) in [5, 5.41) is 10.0. The lowest BCUT2D eigenvalue weighted by molar-refractivity contribution is -0.138. The van der Waals surface area contributed by atoms with Crippen LogP contribution in [-0.4, -0.2) is 83.6 Å². The molecule has 2 aromatic carbocycles. The standard InChI is InChI=1S/C32H34F3N7O4/c1-19-5-8-24(14-25(19)30(44)37-16-20-11-23-13-27(31(45)46-4)39-28(23)36-15-20)38-29(43)21-6-7-22(26(12-21)32(33,34)35)17-41-9-10-42(18-41)40(2)3/h5-8,11-15H,9-10,16-18H2,1-4H3,(H,36,39)(H,37,44)(H,38,43). The van der Waals surface area contributed by atoms with Gasteiger partial charge in [0.15, 0.2) is 0 Å². The van der Waals surface area contributed by atoms with E-state index < -0.39 is 29.5 Å². The summed E-state index contributed by atoms with van der Waals surface area (Å²) in [5.74, 6) is -1.68. The summed E-state index contributed by atoms with van der Waals surface area (Å²) in [7, 11) is 5.05. The number of esters is 1. The predicted octanol–water partition coefficient (Wildman–Crippen LogP) is 4.41. The fourth-order valence-corrected chi connectivity index (χ4v) is 5.25. The Kier molecular flexibility index (Phi) is 9.42. The number of benzene rings is 2. The lowest BCUT2D eigenvalue weighted by Gasteiger charge is -2.24. The third-order valence-corrected chi connectivity index (χ3v) is 7.80. The van der Waals surface area contributed by atoms with E-state index in [0.29, 0.717) is 41.9 Å². The Hall–Kier alpha value is -4.79. The highest BCUT2D eigenvalue weighted by Crippen LogP contribution is 2.34. The van der Waals surface area contributed by atoms with Gasteiger partial charge in [-0.15, -0.1) is 0 Å². The van der Waals surface area contributed by atoms with E-state index in [1.807, 2.05) is 29.0 Å². The number of nitrogens with one attached hydrogen (secondary N) is 3. The van der Waals surface area contributed by atoms with E-state index in [-0.39, 0.29) is 41.2 Å². The average molecular weight is 638 g/mol. The van der Waals surface area contributed by atoms with Crippen LogP contribution in [0.15, 0.2) is 54.7 Å². The Morgan fingerprint density at radius 1 is 1.04 bits per heavy atom. The Labute approximate surface area is 263 Å². The summed E-state index contributed by atoms with van der Waals surface area (Å²) in [6.07, 6.45) is -3.08.